The van der Waals surface area contributed by atoms with Crippen LogP contribution in [0.25, 0.3) is 0 Å². The van der Waals surface area contributed by atoms with Crippen LogP contribution in [0, 0.1) is 0 Å². The van der Waals surface area contributed by atoms with Gasteiger partial charge in [0.05, 0.1) is 0 Å². The van der Waals surface area contributed by atoms with Gasteiger partial charge in [0.2, 0.25) is 0 Å². The molecule has 0 aliphatic carbocycles. The zero-order valence-corrected chi connectivity index (χ0v) is 5.24. The fourth-order valence-corrected chi connectivity index (χ4v) is 0. The Hall–Kier alpha value is 1.13. The molecular weight excluding hydrogens is 201 g/mol. The van der Waals surface area contributed by atoms with Crippen molar-refractivity contribution in [1.29, 1.82) is 0 Å². The summed E-state index contributed by atoms with van der Waals surface area (Å²) in [6.07, 6.45) is 0. The molecule has 0 amide bonds. The van der Waals surface area contributed by atoms with E-state index in [1.807, 2.05) is 0 Å². The van der Waals surface area contributed by atoms with Crippen molar-refractivity contribution in [2.75, 3.05) is 0 Å². The van der Waals surface area contributed by atoms with Gasteiger partial charge in [-0.3, -0.25) is 0 Å². The van der Waals surface area contributed by atoms with E-state index in [4.69, 9.17) is 7.67 Å². The van der Waals surface area contributed by atoms with Gasteiger partial charge in [0.15, 0.2) is 0 Å². The van der Waals surface area contributed by atoms with Gasteiger partial charge in [-0.2, -0.15) is 0 Å². The Kier molecular flexibility index (Phi) is 225. The maximum atomic E-state index is 8.06. The molecule has 0 fully saturated rings. The molecule has 0 aliphatic heterocycles. The minimum absolute atomic E-state index is 0. The standard InChI is InChI=1S/2Mn.Ni.2O. The van der Waals surface area contributed by atoms with E-state index in [-0.39, 0.29) is 16.5 Å². The third kappa shape index (κ3) is 39.3. The minimum atomic E-state index is 0. The first-order valence-electron chi connectivity index (χ1n) is 0.309. The molecule has 0 atom stereocenters. The first-order chi connectivity index (χ1) is 2.00. The molecule has 0 aliphatic rings. The van der Waals surface area contributed by atoms with Crippen molar-refractivity contribution in [3.8, 4) is 0 Å². The van der Waals surface area contributed by atoms with E-state index >= 15 is 0 Å². The fourth-order valence-electron chi connectivity index (χ4n) is 0. The zero-order valence-electron chi connectivity index (χ0n) is 1.89. The summed E-state index contributed by atoms with van der Waals surface area (Å²) in [4.78, 5) is 0. The van der Waals surface area contributed by atoms with Crippen molar-refractivity contribution in [2.24, 2.45) is 0 Å². The predicted molar refractivity (Wildman–Crippen MR) is 1.37 cm³/mol. The third-order valence-electron chi connectivity index (χ3n) is 0. The van der Waals surface area contributed by atoms with Crippen LogP contribution in [0.2, 0.25) is 0 Å². The molecule has 5 heavy (non-hydrogen) atoms. The van der Waals surface area contributed by atoms with E-state index in [0.29, 0.717) is 0 Å². The summed E-state index contributed by atoms with van der Waals surface area (Å²) in [5, 5.41) is 0. The van der Waals surface area contributed by atoms with Crippen LogP contribution in [0.15, 0.2) is 0 Å². The maximum absolute atomic E-state index is 8.06. The average Bonchev–Trinajstić information content (AvgIpc) is 1.50. The van der Waals surface area contributed by atoms with Crippen LogP contribution in [-0.4, -0.2) is 0 Å². The Bertz CT molecular complexity index is 9.61. The van der Waals surface area contributed by atoms with Crippen LogP contribution < -0.4 is 0 Å². The van der Waals surface area contributed by atoms with Gasteiger partial charge >= 0.3 is 39.6 Å². The predicted octanol–water partition coefficient (Wildman–Crippen LogP) is -0.245. The first kappa shape index (κ1) is 16.5. The first-order valence-corrected chi connectivity index (χ1v) is 1.27. The summed E-state index contributed by atoms with van der Waals surface area (Å²) in [6.45, 7) is 0. The van der Waals surface area contributed by atoms with Gasteiger partial charge < -0.3 is 0 Å². The van der Waals surface area contributed by atoms with E-state index in [1.54, 1.807) is 31.9 Å². The quantitative estimate of drug-likeness (QED) is 0.506. The van der Waals surface area contributed by atoms with Crippen molar-refractivity contribution in [2.45, 2.75) is 0 Å². The van der Waals surface area contributed by atoms with Crippen molar-refractivity contribution in [3.63, 3.8) is 0 Å². The second-order valence-electron chi connectivity index (χ2n) is 0. The molecule has 0 N–H and O–H groups in total. The van der Waals surface area contributed by atoms with Gasteiger partial charge in [0.25, 0.3) is 0 Å². The molecular formula is Mn2NiO2. The van der Waals surface area contributed by atoms with Crippen molar-refractivity contribution < 1.29 is 56.1 Å². The van der Waals surface area contributed by atoms with Crippen LogP contribution in [0.1, 0.15) is 0 Å². The normalized spacial score (nSPS) is 1.60. The Balaban J connectivity index is -0.0000000133. The Morgan fingerprint density at radius 2 is 0.800 bits per heavy atom. The molecule has 5 heteroatoms. The van der Waals surface area contributed by atoms with Crippen LogP contribution in [0.3, 0.4) is 0 Å². The summed E-state index contributed by atoms with van der Waals surface area (Å²) >= 11 is 3.38. The average molecular weight is 201 g/mol. The summed E-state index contributed by atoms with van der Waals surface area (Å²) in [6, 6.07) is 0. The van der Waals surface area contributed by atoms with Gasteiger partial charge in [0, 0.05) is 16.5 Å². The molecule has 36 valence electrons. The summed E-state index contributed by atoms with van der Waals surface area (Å²) in [5.74, 6) is 0. The van der Waals surface area contributed by atoms with Crippen LogP contribution >= 0.6 is 0 Å². The molecule has 2 nitrogen and oxygen atoms in total. The Morgan fingerprint density at radius 3 is 0.800 bits per heavy atom. The Morgan fingerprint density at radius 1 is 0.800 bits per heavy atom. The van der Waals surface area contributed by atoms with E-state index in [9.17, 15) is 0 Å². The van der Waals surface area contributed by atoms with E-state index in [0.717, 1.165) is 0 Å². The van der Waals surface area contributed by atoms with E-state index in [1.165, 1.54) is 0 Å². The van der Waals surface area contributed by atoms with Crippen LogP contribution in [0.5, 0.6) is 0 Å². The van der Waals surface area contributed by atoms with Gasteiger partial charge in [-0.25, -0.2) is 0 Å². The van der Waals surface area contributed by atoms with Gasteiger partial charge in [-0.15, -0.1) is 0 Å². The van der Waals surface area contributed by atoms with E-state index < -0.39 is 0 Å². The van der Waals surface area contributed by atoms with Crippen molar-refractivity contribution in [3.05, 3.63) is 0 Å². The summed E-state index contributed by atoms with van der Waals surface area (Å²) in [5.41, 5.74) is 0. The second kappa shape index (κ2) is 68.3. The fraction of sp³-hybridized carbons (Fsp3) is 0. The topological polar surface area (TPSA) is 34.1 Å². The van der Waals surface area contributed by atoms with E-state index in [2.05, 4.69) is 0 Å². The number of hydrogen-bond acceptors (Lipinski definition) is 2. The molecule has 0 rings (SSSR count). The van der Waals surface area contributed by atoms with Gasteiger partial charge in [0.1, 0.15) is 0 Å². The SMILES string of the molecule is [Ni].[O]=[Mn].[O]=[Mn]. The molecule has 0 aromatic heterocycles. The van der Waals surface area contributed by atoms with Gasteiger partial charge in [-0.1, -0.05) is 0 Å². The molecule has 0 saturated carbocycles. The van der Waals surface area contributed by atoms with Crippen LogP contribution in [-0.2, 0) is 56.1 Å². The molecule has 0 saturated heterocycles. The Labute approximate surface area is 56.0 Å². The molecule has 0 spiro atoms. The molecule has 0 bridgehead atoms. The van der Waals surface area contributed by atoms with Crippen molar-refractivity contribution in [1.82, 2.24) is 0 Å². The molecule has 0 aromatic rings. The molecule has 0 aromatic carbocycles. The van der Waals surface area contributed by atoms with Crippen molar-refractivity contribution >= 4 is 0 Å². The summed E-state index contributed by atoms with van der Waals surface area (Å²) < 4.78 is 16.1. The third-order valence-corrected chi connectivity index (χ3v) is 0. The zero-order chi connectivity index (χ0) is 4.00. The summed E-state index contributed by atoms with van der Waals surface area (Å²) in [7, 11) is 0. The monoisotopic (exact) mass is 200 g/mol. The number of rotatable bonds is 0. The molecule has 0 unspecified atom stereocenters. The number of hydrogen-bond donors (Lipinski definition) is 0. The van der Waals surface area contributed by atoms with Gasteiger partial charge in [-0.05, 0) is 0 Å². The second-order valence-corrected chi connectivity index (χ2v) is 0. The molecule has 0 radical (unpaired) electrons. The molecule has 0 heterocycles. The van der Waals surface area contributed by atoms with Crippen LogP contribution in [0.4, 0.5) is 0 Å².